The molecule has 156 valence electrons. The highest BCUT2D eigenvalue weighted by Crippen LogP contribution is 2.28. The number of rotatable bonds is 4. The first kappa shape index (κ1) is 21.3. The van der Waals surface area contributed by atoms with E-state index >= 15 is 0 Å². The fourth-order valence-electron chi connectivity index (χ4n) is 3.17. The van der Waals surface area contributed by atoms with Gasteiger partial charge in [-0.3, -0.25) is 4.79 Å². The molecule has 0 aliphatic carbocycles. The molecular formula is C20H17Cl2N3O3S2. The lowest BCUT2D eigenvalue weighted by molar-refractivity contribution is 0.0693. The SMILES string of the molecule is O=C(c1csc(-c2ccccc2)n1)N1CCN(S(=O)(=O)c2ccc(Cl)c(Cl)c2)CC1. The number of sulfonamides is 1. The summed E-state index contributed by atoms with van der Waals surface area (Å²) in [5, 5.41) is 3.00. The van der Waals surface area contributed by atoms with E-state index < -0.39 is 10.0 Å². The smallest absolute Gasteiger partial charge is 0.273 e. The van der Waals surface area contributed by atoms with Crippen LogP contribution in [0.25, 0.3) is 10.6 Å². The van der Waals surface area contributed by atoms with Crippen LogP contribution < -0.4 is 0 Å². The molecule has 1 aliphatic rings. The molecule has 1 saturated heterocycles. The summed E-state index contributed by atoms with van der Waals surface area (Å²) >= 11 is 13.3. The fourth-order valence-corrected chi connectivity index (χ4v) is 5.78. The van der Waals surface area contributed by atoms with E-state index in [0.29, 0.717) is 10.7 Å². The summed E-state index contributed by atoms with van der Waals surface area (Å²) in [5.74, 6) is -0.194. The van der Waals surface area contributed by atoms with Crippen molar-refractivity contribution in [3.63, 3.8) is 0 Å². The van der Waals surface area contributed by atoms with Crippen LogP contribution >= 0.6 is 34.5 Å². The minimum absolute atomic E-state index is 0.0867. The molecule has 0 atom stereocenters. The zero-order valence-electron chi connectivity index (χ0n) is 15.7. The van der Waals surface area contributed by atoms with E-state index in [4.69, 9.17) is 23.2 Å². The van der Waals surface area contributed by atoms with Crippen molar-refractivity contribution in [2.75, 3.05) is 26.2 Å². The third-order valence-corrected chi connectivity index (χ3v) is 8.32. The number of halogens is 2. The van der Waals surface area contributed by atoms with Gasteiger partial charge in [-0.15, -0.1) is 11.3 Å². The van der Waals surface area contributed by atoms with E-state index in [1.165, 1.54) is 33.8 Å². The van der Waals surface area contributed by atoms with Gasteiger partial charge in [0.1, 0.15) is 10.7 Å². The predicted molar refractivity (Wildman–Crippen MR) is 119 cm³/mol. The van der Waals surface area contributed by atoms with Gasteiger partial charge < -0.3 is 4.90 Å². The van der Waals surface area contributed by atoms with Gasteiger partial charge >= 0.3 is 0 Å². The molecule has 0 N–H and O–H groups in total. The summed E-state index contributed by atoms with van der Waals surface area (Å²) in [5.41, 5.74) is 1.33. The second kappa shape index (κ2) is 8.64. The Bertz CT molecular complexity index is 1180. The van der Waals surface area contributed by atoms with E-state index in [0.717, 1.165) is 10.6 Å². The molecule has 4 rings (SSSR count). The first-order valence-electron chi connectivity index (χ1n) is 9.12. The number of carbonyl (C=O) groups excluding carboxylic acids is 1. The van der Waals surface area contributed by atoms with Crippen molar-refractivity contribution in [3.8, 4) is 10.6 Å². The van der Waals surface area contributed by atoms with Crippen molar-refractivity contribution in [2.45, 2.75) is 4.90 Å². The Labute approximate surface area is 188 Å². The predicted octanol–water partition coefficient (Wildman–Crippen LogP) is 4.26. The van der Waals surface area contributed by atoms with Gasteiger partial charge in [0, 0.05) is 37.1 Å². The summed E-state index contributed by atoms with van der Waals surface area (Å²) in [4.78, 5) is 19.0. The van der Waals surface area contributed by atoms with Crippen LogP contribution in [0.3, 0.4) is 0 Å². The number of thiazole rings is 1. The Morgan fingerprint density at radius 3 is 2.33 bits per heavy atom. The largest absolute Gasteiger partial charge is 0.335 e. The Morgan fingerprint density at radius 2 is 1.67 bits per heavy atom. The molecule has 30 heavy (non-hydrogen) atoms. The van der Waals surface area contributed by atoms with Gasteiger partial charge in [-0.05, 0) is 18.2 Å². The highest BCUT2D eigenvalue weighted by Gasteiger charge is 2.31. The zero-order chi connectivity index (χ0) is 21.3. The third-order valence-electron chi connectivity index (χ3n) is 4.80. The molecule has 10 heteroatoms. The van der Waals surface area contributed by atoms with Gasteiger partial charge in [0.05, 0.1) is 14.9 Å². The monoisotopic (exact) mass is 481 g/mol. The topological polar surface area (TPSA) is 70.6 Å². The molecule has 0 unspecified atom stereocenters. The van der Waals surface area contributed by atoms with E-state index in [9.17, 15) is 13.2 Å². The standard InChI is InChI=1S/C20H17Cl2N3O3S2/c21-16-7-6-15(12-17(16)22)30(27,28)25-10-8-24(9-11-25)20(26)18-13-29-19(23-18)14-4-2-1-3-5-14/h1-7,12-13H,8-11H2. The van der Waals surface area contributed by atoms with Crippen molar-refractivity contribution in [2.24, 2.45) is 0 Å². The van der Waals surface area contributed by atoms with Crippen molar-refractivity contribution in [1.82, 2.24) is 14.2 Å². The average Bonchev–Trinajstić information content (AvgIpc) is 3.26. The number of hydrogen-bond acceptors (Lipinski definition) is 5. The van der Waals surface area contributed by atoms with Crippen LogP contribution in [0.4, 0.5) is 0 Å². The molecule has 2 aromatic carbocycles. The molecule has 0 radical (unpaired) electrons. The van der Waals surface area contributed by atoms with Gasteiger partial charge in [0.25, 0.3) is 5.91 Å². The van der Waals surface area contributed by atoms with Crippen molar-refractivity contribution < 1.29 is 13.2 Å². The maximum absolute atomic E-state index is 12.9. The average molecular weight is 482 g/mol. The first-order chi connectivity index (χ1) is 14.4. The van der Waals surface area contributed by atoms with E-state index in [-0.39, 0.29) is 42.0 Å². The van der Waals surface area contributed by atoms with Crippen LogP contribution in [0, 0.1) is 0 Å². The number of hydrogen-bond donors (Lipinski definition) is 0. The second-order valence-electron chi connectivity index (χ2n) is 6.68. The van der Waals surface area contributed by atoms with E-state index in [1.807, 2.05) is 30.3 Å². The molecule has 0 spiro atoms. The quantitative estimate of drug-likeness (QED) is 0.557. The number of nitrogens with zero attached hydrogens (tertiary/aromatic N) is 3. The lowest BCUT2D eigenvalue weighted by atomic mass is 10.2. The first-order valence-corrected chi connectivity index (χ1v) is 12.2. The summed E-state index contributed by atoms with van der Waals surface area (Å²) in [6.07, 6.45) is 0. The van der Waals surface area contributed by atoms with Gasteiger partial charge in [-0.2, -0.15) is 4.31 Å². The summed E-state index contributed by atoms with van der Waals surface area (Å²) in [6, 6.07) is 13.9. The number of benzene rings is 2. The Hall–Kier alpha value is -1.97. The summed E-state index contributed by atoms with van der Waals surface area (Å²) < 4.78 is 27.1. The molecule has 3 aromatic rings. The normalized spacial score (nSPS) is 15.3. The van der Waals surface area contributed by atoms with Crippen LogP contribution in [-0.4, -0.2) is 54.7 Å². The van der Waals surface area contributed by atoms with Crippen LogP contribution in [0.5, 0.6) is 0 Å². The number of aromatic nitrogens is 1. The van der Waals surface area contributed by atoms with Gasteiger partial charge in [-0.25, -0.2) is 13.4 Å². The van der Waals surface area contributed by atoms with Gasteiger partial charge in [0.15, 0.2) is 0 Å². The van der Waals surface area contributed by atoms with Crippen molar-refractivity contribution >= 4 is 50.5 Å². The molecule has 1 aliphatic heterocycles. The maximum Gasteiger partial charge on any atom is 0.273 e. The van der Waals surface area contributed by atoms with Crippen molar-refractivity contribution in [1.29, 1.82) is 0 Å². The zero-order valence-corrected chi connectivity index (χ0v) is 18.8. The van der Waals surface area contributed by atoms with Crippen LogP contribution in [-0.2, 0) is 10.0 Å². The van der Waals surface area contributed by atoms with Crippen LogP contribution in [0.1, 0.15) is 10.5 Å². The molecule has 6 nitrogen and oxygen atoms in total. The van der Waals surface area contributed by atoms with E-state index in [2.05, 4.69) is 4.98 Å². The molecule has 0 bridgehead atoms. The van der Waals surface area contributed by atoms with Crippen LogP contribution in [0.2, 0.25) is 10.0 Å². The summed E-state index contributed by atoms with van der Waals surface area (Å²) in [6.45, 7) is 0.975. The minimum Gasteiger partial charge on any atom is -0.335 e. The highest BCUT2D eigenvalue weighted by atomic mass is 35.5. The molecule has 1 fully saturated rings. The third kappa shape index (κ3) is 4.24. The Kier molecular flexibility index (Phi) is 6.13. The Morgan fingerprint density at radius 1 is 0.967 bits per heavy atom. The lowest BCUT2D eigenvalue weighted by Gasteiger charge is -2.33. The number of piperazine rings is 1. The maximum atomic E-state index is 12.9. The van der Waals surface area contributed by atoms with Crippen LogP contribution in [0.15, 0.2) is 58.8 Å². The van der Waals surface area contributed by atoms with E-state index in [1.54, 1.807) is 10.3 Å². The van der Waals surface area contributed by atoms with Gasteiger partial charge in [-0.1, -0.05) is 53.5 Å². The van der Waals surface area contributed by atoms with Crippen molar-refractivity contribution in [3.05, 3.63) is 69.7 Å². The minimum atomic E-state index is -3.71. The molecule has 0 saturated carbocycles. The molecule has 1 aromatic heterocycles. The molecular weight excluding hydrogens is 465 g/mol. The lowest BCUT2D eigenvalue weighted by Crippen LogP contribution is -2.50. The molecule has 1 amide bonds. The number of carbonyl (C=O) groups is 1. The summed E-state index contributed by atoms with van der Waals surface area (Å²) in [7, 11) is -3.71. The fraction of sp³-hybridized carbons (Fsp3) is 0.200. The molecule has 2 heterocycles. The van der Waals surface area contributed by atoms with Gasteiger partial charge in [0.2, 0.25) is 10.0 Å². The Balaban J connectivity index is 1.43. The highest BCUT2D eigenvalue weighted by molar-refractivity contribution is 7.89. The second-order valence-corrected chi connectivity index (χ2v) is 10.3. The number of amides is 1.